The Bertz CT molecular complexity index is 387. The molecule has 0 spiro atoms. The summed E-state index contributed by atoms with van der Waals surface area (Å²) >= 11 is 0. The van der Waals surface area contributed by atoms with Crippen LogP contribution in [0, 0.1) is 0 Å². The second-order valence-corrected chi connectivity index (χ2v) is 3.84. The first-order valence-corrected chi connectivity index (χ1v) is 5.57. The van der Waals surface area contributed by atoms with Gasteiger partial charge < -0.3 is 15.2 Å². The van der Waals surface area contributed by atoms with Crippen LogP contribution in [0.25, 0.3) is 0 Å². The zero-order valence-corrected chi connectivity index (χ0v) is 10.8. The van der Waals surface area contributed by atoms with Crippen LogP contribution in [-0.4, -0.2) is 36.1 Å². The number of carbonyl (C=O) groups is 1. The fourth-order valence-electron chi connectivity index (χ4n) is 1.21. The Kier molecular flexibility index (Phi) is 5.31. The number of carbonyl (C=O) groups excluding carboxylic acids is 1. The average molecular weight is 254 g/mol. The molecule has 0 saturated carbocycles. The zero-order chi connectivity index (χ0) is 13.5. The Morgan fingerprint density at radius 1 is 1.39 bits per heavy atom. The van der Waals surface area contributed by atoms with Crippen LogP contribution in [0.5, 0.6) is 11.8 Å². The van der Waals surface area contributed by atoms with E-state index in [4.69, 9.17) is 15.2 Å². The molecule has 0 fully saturated rings. The molecule has 0 radical (unpaired) electrons. The van der Waals surface area contributed by atoms with Gasteiger partial charge in [-0.2, -0.15) is 9.97 Å². The van der Waals surface area contributed by atoms with Crippen LogP contribution in [0.3, 0.4) is 0 Å². The minimum atomic E-state index is -0.192. The van der Waals surface area contributed by atoms with Gasteiger partial charge in [-0.25, -0.2) is 0 Å². The summed E-state index contributed by atoms with van der Waals surface area (Å²) < 4.78 is 9.95. The highest BCUT2D eigenvalue weighted by molar-refractivity contribution is 5.89. The number of ether oxygens (including phenoxy) is 2. The van der Waals surface area contributed by atoms with E-state index in [-0.39, 0.29) is 17.9 Å². The maximum atomic E-state index is 11.6. The standard InChI is InChI=1S/C11H18N4O3/c1-7(12)4-5-8(16)13-11-14-9(17-2)6-10(15-11)18-3/h6-7H,4-5,12H2,1-3H3,(H,13,14,15,16). The first kappa shape index (κ1) is 14.2. The third-order valence-corrected chi connectivity index (χ3v) is 2.18. The topological polar surface area (TPSA) is 99.4 Å². The molecule has 1 amide bonds. The van der Waals surface area contributed by atoms with Crippen molar-refractivity contribution in [3.8, 4) is 11.8 Å². The molecule has 0 aromatic carbocycles. The van der Waals surface area contributed by atoms with E-state index in [9.17, 15) is 4.79 Å². The Balaban J connectivity index is 2.68. The molecular formula is C11H18N4O3. The second-order valence-electron chi connectivity index (χ2n) is 3.84. The molecule has 0 bridgehead atoms. The lowest BCUT2D eigenvalue weighted by Gasteiger charge is -2.08. The third-order valence-electron chi connectivity index (χ3n) is 2.18. The zero-order valence-electron chi connectivity index (χ0n) is 10.8. The van der Waals surface area contributed by atoms with Crippen molar-refractivity contribution in [3.05, 3.63) is 6.07 Å². The Labute approximate surface area is 106 Å². The van der Waals surface area contributed by atoms with E-state index in [2.05, 4.69) is 15.3 Å². The van der Waals surface area contributed by atoms with Crippen molar-refractivity contribution in [3.63, 3.8) is 0 Å². The predicted octanol–water partition coefficient (Wildman–Crippen LogP) is 0.560. The fraction of sp³-hybridized carbons (Fsp3) is 0.545. The van der Waals surface area contributed by atoms with Gasteiger partial charge in [-0.1, -0.05) is 0 Å². The van der Waals surface area contributed by atoms with Gasteiger partial charge in [-0.15, -0.1) is 0 Å². The molecule has 1 aromatic rings. The van der Waals surface area contributed by atoms with Gasteiger partial charge in [-0.05, 0) is 13.3 Å². The van der Waals surface area contributed by atoms with E-state index in [0.29, 0.717) is 24.6 Å². The summed E-state index contributed by atoms with van der Waals surface area (Å²) in [6, 6.07) is 1.51. The van der Waals surface area contributed by atoms with Crippen LogP contribution >= 0.6 is 0 Å². The van der Waals surface area contributed by atoms with Gasteiger partial charge in [0, 0.05) is 12.5 Å². The number of anilines is 1. The summed E-state index contributed by atoms with van der Waals surface area (Å²) in [6.07, 6.45) is 0.924. The average Bonchev–Trinajstić information content (AvgIpc) is 2.35. The number of rotatable bonds is 6. The summed E-state index contributed by atoms with van der Waals surface area (Å²) in [5.74, 6) is 0.608. The number of hydrogen-bond acceptors (Lipinski definition) is 6. The third kappa shape index (κ3) is 4.54. The maximum absolute atomic E-state index is 11.6. The Hall–Kier alpha value is -1.89. The molecule has 1 unspecified atom stereocenters. The van der Waals surface area contributed by atoms with Crippen molar-refractivity contribution < 1.29 is 14.3 Å². The Morgan fingerprint density at radius 3 is 2.39 bits per heavy atom. The van der Waals surface area contributed by atoms with Gasteiger partial charge in [0.15, 0.2) is 0 Å². The first-order valence-electron chi connectivity index (χ1n) is 5.57. The van der Waals surface area contributed by atoms with Crippen molar-refractivity contribution in [1.29, 1.82) is 0 Å². The largest absolute Gasteiger partial charge is 0.481 e. The van der Waals surface area contributed by atoms with Gasteiger partial charge in [0.1, 0.15) is 0 Å². The van der Waals surface area contributed by atoms with Crippen LogP contribution in [0.1, 0.15) is 19.8 Å². The van der Waals surface area contributed by atoms with Crippen LogP contribution < -0.4 is 20.5 Å². The van der Waals surface area contributed by atoms with Crippen LogP contribution in [0.4, 0.5) is 5.95 Å². The van der Waals surface area contributed by atoms with E-state index < -0.39 is 0 Å². The number of methoxy groups -OCH3 is 2. The summed E-state index contributed by atoms with van der Waals surface area (Å²) in [6.45, 7) is 1.85. The molecule has 0 aliphatic rings. The molecule has 7 nitrogen and oxygen atoms in total. The van der Waals surface area contributed by atoms with Gasteiger partial charge in [0.2, 0.25) is 23.6 Å². The smallest absolute Gasteiger partial charge is 0.236 e. The van der Waals surface area contributed by atoms with Crippen molar-refractivity contribution >= 4 is 11.9 Å². The van der Waals surface area contributed by atoms with Gasteiger partial charge >= 0.3 is 0 Å². The molecule has 18 heavy (non-hydrogen) atoms. The molecule has 100 valence electrons. The highest BCUT2D eigenvalue weighted by Gasteiger charge is 2.09. The lowest BCUT2D eigenvalue weighted by Crippen LogP contribution is -2.20. The van der Waals surface area contributed by atoms with Crippen molar-refractivity contribution in [2.24, 2.45) is 5.73 Å². The van der Waals surface area contributed by atoms with Crippen LogP contribution in [0.2, 0.25) is 0 Å². The van der Waals surface area contributed by atoms with Crippen LogP contribution in [0.15, 0.2) is 6.07 Å². The molecule has 1 aromatic heterocycles. The monoisotopic (exact) mass is 254 g/mol. The van der Waals surface area contributed by atoms with E-state index in [1.165, 1.54) is 20.3 Å². The minimum absolute atomic E-state index is 0.0171. The molecular weight excluding hydrogens is 236 g/mol. The highest BCUT2D eigenvalue weighted by Crippen LogP contribution is 2.17. The molecule has 1 heterocycles. The number of aromatic nitrogens is 2. The summed E-state index contributed by atoms with van der Waals surface area (Å²) in [5, 5.41) is 2.57. The number of hydrogen-bond donors (Lipinski definition) is 2. The van der Waals surface area contributed by atoms with Crippen molar-refractivity contribution in [2.45, 2.75) is 25.8 Å². The van der Waals surface area contributed by atoms with Gasteiger partial charge in [-0.3, -0.25) is 10.1 Å². The molecule has 0 saturated heterocycles. The molecule has 1 atom stereocenters. The van der Waals surface area contributed by atoms with Crippen molar-refractivity contribution in [2.75, 3.05) is 19.5 Å². The highest BCUT2D eigenvalue weighted by atomic mass is 16.5. The van der Waals surface area contributed by atoms with Gasteiger partial charge in [0.05, 0.1) is 20.3 Å². The quantitative estimate of drug-likeness (QED) is 0.769. The summed E-state index contributed by atoms with van der Waals surface area (Å²) in [5.41, 5.74) is 5.57. The summed E-state index contributed by atoms with van der Waals surface area (Å²) in [4.78, 5) is 19.6. The lowest BCUT2D eigenvalue weighted by molar-refractivity contribution is -0.116. The number of nitrogens with two attached hydrogens (primary N) is 1. The fourth-order valence-corrected chi connectivity index (χ4v) is 1.21. The first-order chi connectivity index (χ1) is 8.55. The Morgan fingerprint density at radius 2 is 1.94 bits per heavy atom. The molecule has 0 aliphatic carbocycles. The SMILES string of the molecule is COc1cc(OC)nc(NC(=O)CCC(C)N)n1. The van der Waals surface area contributed by atoms with E-state index in [0.717, 1.165) is 0 Å². The lowest BCUT2D eigenvalue weighted by atomic mass is 10.2. The molecule has 0 aliphatic heterocycles. The van der Waals surface area contributed by atoms with E-state index in [1.54, 1.807) is 0 Å². The number of amides is 1. The minimum Gasteiger partial charge on any atom is -0.481 e. The second kappa shape index (κ2) is 6.75. The predicted molar refractivity (Wildman–Crippen MR) is 66.6 cm³/mol. The van der Waals surface area contributed by atoms with Crippen LogP contribution in [-0.2, 0) is 4.79 Å². The normalized spacial score (nSPS) is 11.8. The van der Waals surface area contributed by atoms with Gasteiger partial charge in [0.25, 0.3) is 0 Å². The maximum Gasteiger partial charge on any atom is 0.236 e. The number of nitrogens with one attached hydrogen (secondary N) is 1. The molecule has 1 rings (SSSR count). The van der Waals surface area contributed by atoms with E-state index in [1.807, 2.05) is 6.92 Å². The van der Waals surface area contributed by atoms with E-state index >= 15 is 0 Å². The summed E-state index contributed by atoms with van der Waals surface area (Å²) in [7, 11) is 2.95. The van der Waals surface area contributed by atoms with Crippen molar-refractivity contribution in [1.82, 2.24) is 9.97 Å². The number of nitrogens with zero attached hydrogens (tertiary/aromatic N) is 2. The molecule has 3 N–H and O–H groups in total. The molecule has 7 heteroatoms.